The summed E-state index contributed by atoms with van der Waals surface area (Å²) in [6, 6.07) is 0. The van der Waals surface area contributed by atoms with E-state index < -0.39 is 0 Å². The monoisotopic (exact) mass is 304 g/mol. The van der Waals surface area contributed by atoms with Crippen LogP contribution < -0.4 is 0 Å². The molecule has 0 heterocycles. The van der Waals surface area contributed by atoms with E-state index in [1.807, 2.05) is 0 Å². The van der Waals surface area contributed by atoms with E-state index in [0.717, 1.165) is 30.6 Å². The van der Waals surface area contributed by atoms with E-state index >= 15 is 0 Å². The first-order valence-electron chi connectivity index (χ1n) is 9.65. The molecule has 0 aromatic rings. The van der Waals surface area contributed by atoms with Crippen LogP contribution in [-0.4, -0.2) is 17.5 Å². The van der Waals surface area contributed by atoms with Crippen molar-refractivity contribution in [3.8, 4) is 0 Å². The molecule has 2 nitrogen and oxygen atoms in total. The molecule has 8 atom stereocenters. The number of fused-ring (bicyclic) bond motifs is 5. The summed E-state index contributed by atoms with van der Waals surface area (Å²) in [7, 11) is 0. The molecule has 4 aliphatic carbocycles. The second-order valence-electron chi connectivity index (χ2n) is 9.33. The molecule has 0 aromatic carbocycles. The molecule has 124 valence electrons. The van der Waals surface area contributed by atoms with Crippen molar-refractivity contribution in [2.75, 3.05) is 0 Å². The summed E-state index contributed by atoms with van der Waals surface area (Å²) >= 11 is 0. The van der Waals surface area contributed by atoms with Crippen molar-refractivity contribution in [2.24, 2.45) is 40.4 Å². The minimum atomic E-state index is -0.0859. The van der Waals surface area contributed by atoms with Gasteiger partial charge in [0.15, 0.2) is 0 Å². The SMILES string of the molecule is C[C@]12CC[C@H]3[C@@H](CC[C@H]4CCCC(C=O)[C@@]43C)[C@@H]1CC[C@@H]2O. The zero-order chi connectivity index (χ0) is 15.5. The number of hydrogen-bond acceptors (Lipinski definition) is 2. The molecule has 4 fully saturated rings. The maximum atomic E-state index is 11.8. The molecule has 0 amide bonds. The Morgan fingerprint density at radius 1 is 0.955 bits per heavy atom. The summed E-state index contributed by atoms with van der Waals surface area (Å²) in [4.78, 5) is 11.8. The Bertz CT molecular complexity index is 461. The standard InChI is InChI=1S/C20H32O2/c1-19-11-10-17-15(16(19)8-9-18(19)22)7-6-13-4-3-5-14(12-21)20(13,17)2/h12-18,22H,3-11H2,1-2H3/t13-,14?,15+,16+,17+,18+,19+,20-/m1/s1. The molecular formula is C20H32O2. The average Bonchev–Trinajstić information content (AvgIpc) is 2.82. The molecule has 1 unspecified atom stereocenters. The first kappa shape index (κ1) is 15.2. The minimum absolute atomic E-state index is 0.0859. The van der Waals surface area contributed by atoms with Gasteiger partial charge >= 0.3 is 0 Å². The Morgan fingerprint density at radius 2 is 1.77 bits per heavy atom. The van der Waals surface area contributed by atoms with Crippen LogP contribution in [0, 0.1) is 40.4 Å². The van der Waals surface area contributed by atoms with Gasteiger partial charge in [-0.3, -0.25) is 0 Å². The largest absolute Gasteiger partial charge is 0.393 e. The molecule has 0 bridgehead atoms. The fourth-order valence-corrected chi connectivity index (χ4v) is 7.59. The average molecular weight is 304 g/mol. The van der Waals surface area contributed by atoms with Crippen molar-refractivity contribution in [1.82, 2.24) is 0 Å². The molecule has 4 aliphatic rings. The fraction of sp³-hybridized carbons (Fsp3) is 0.950. The third kappa shape index (κ3) is 1.79. The van der Waals surface area contributed by atoms with Crippen molar-refractivity contribution in [2.45, 2.75) is 77.7 Å². The van der Waals surface area contributed by atoms with E-state index in [2.05, 4.69) is 13.8 Å². The number of aliphatic hydroxyl groups excluding tert-OH is 1. The highest BCUT2D eigenvalue weighted by Crippen LogP contribution is 2.67. The normalized spacial score (nSPS) is 57.6. The molecular weight excluding hydrogens is 272 g/mol. The van der Waals surface area contributed by atoms with Gasteiger partial charge in [0.25, 0.3) is 0 Å². The van der Waals surface area contributed by atoms with Crippen LogP contribution in [0.25, 0.3) is 0 Å². The van der Waals surface area contributed by atoms with Crippen LogP contribution in [-0.2, 0) is 4.79 Å². The van der Waals surface area contributed by atoms with Crippen LogP contribution >= 0.6 is 0 Å². The Kier molecular flexibility index (Phi) is 3.49. The lowest BCUT2D eigenvalue weighted by Crippen LogP contribution is -2.56. The zero-order valence-electron chi connectivity index (χ0n) is 14.3. The van der Waals surface area contributed by atoms with Gasteiger partial charge < -0.3 is 9.90 Å². The molecule has 4 saturated carbocycles. The molecule has 22 heavy (non-hydrogen) atoms. The number of rotatable bonds is 1. The lowest BCUT2D eigenvalue weighted by atomic mass is 9.43. The van der Waals surface area contributed by atoms with Crippen molar-refractivity contribution >= 4 is 6.29 Å². The van der Waals surface area contributed by atoms with E-state index in [4.69, 9.17) is 0 Å². The van der Waals surface area contributed by atoms with E-state index in [1.54, 1.807) is 0 Å². The summed E-state index contributed by atoms with van der Waals surface area (Å²) in [5, 5.41) is 10.5. The number of aliphatic hydroxyl groups is 1. The fourth-order valence-electron chi connectivity index (χ4n) is 7.59. The highest BCUT2D eigenvalue weighted by atomic mass is 16.3. The quantitative estimate of drug-likeness (QED) is 0.737. The molecule has 4 rings (SSSR count). The summed E-state index contributed by atoms with van der Waals surface area (Å²) < 4.78 is 0. The zero-order valence-corrected chi connectivity index (χ0v) is 14.3. The van der Waals surface area contributed by atoms with E-state index in [1.165, 1.54) is 51.2 Å². The number of carbonyl (C=O) groups excluding carboxylic acids is 1. The summed E-state index contributed by atoms with van der Waals surface area (Å²) in [6.07, 6.45) is 12.2. The highest BCUT2D eigenvalue weighted by molar-refractivity contribution is 5.55. The minimum Gasteiger partial charge on any atom is -0.393 e. The van der Waals surface area contributed by atoms with Gasteiger partial charge in [-0.1, -0.05) is 20.3 Å². The third-order valence-electron chi connectivity index (χ3n) is 8.95. The molecule has 1 N–H and O–H groups in total. The van der Waals surface area contributed by atoms with Crippen molar-refractivity contribution in [3.63, 3.8) is 0 Å². The van der Waals surface area contributed by atoms with E-state index in [-0.39, 0.29) is 22.9 Å². The van der Waals surface area contributed by atoms with Gasteiger partial charge in [0.1, 0.15) is 6.29 Å². The van der Waals surface area contributed by atoms with Gasteiger partial charge in [-0.25, -0.2) is 0 Å². The molecule has 0 radical (unpaired) electrons. The van der Waals surface area contributed by atoms with Crippen LogP contribution in [0.5, 0.6) is 0 Å². The van der Waals surface area contributed by atoms with Gasteiger partial charge in [-0.05, 0) is 85.9 Å². The molecule has 2 heteroatoms. The van der Waals surface area contributed by atoms with Gasteiger partial charge in [-0.2, -0.15) is 0 Å². The highest BCUT2D eigenvalue weighted by Gasteiger charge is 2.61. The van der Waals surface area contributed by atoms with Gasteiger partial charge in [0.2, 0.25) is 0 Å². The topological polar surface area (TPSA) is 37.3 Å². The van der Waals surface area contributed by atoms with Crippen molar-refractivity contribution in [3.05, 3.63) is 0 Å². The smallest absolute Gasteiger partial charge is 0.123 e. The van der Waals surface area contributed by atoms with Crippen molar-refractivity contribution in [1.29, 1.82) is 0 Å². The van der Waals surface area contributed by atoms with Gasteiger partial charge in [0, 0.05) is 5.92 Å². The Morgan fingerprint density at radius 3 is 2.55 bits per heavy atom. The van der Waals surface area contributed by atoms with Gasteiger partial charge in [-0.15, -0.1) is 0 Å². The maximum absolute atomic E-state index is 11.8. The number of carbonyl (C=O) groups is 1. The second-order valence-corrected chi connectivity index (χ2v) is 9.33. The lowest BCUT2D eigenvalue weighted by Gasteiger charge is -2.61. The summed E-state index contributed by atoms with van der Waals surface area (Å²) in [5.41, 5.74) is 0.410. The Balaban J connectivity index is 1.68. The van der Waals surface area contributed by atoms with Crippen LogP contribution in [0.15, 0.2) is 0 Å². The predicted molar refractivity (Wildman–Crippen MR) is 87.3 cm³/mol. The van der Waals surface area contributed by atoms with E-state index in [9.17, 15) is 9.90 Å². The molecule has 0 saturated heterocycles. The first-order valence-corrected chi connectivity index (χ1v) is 9.65. The maximum Gasteiger partial charge on any atom is 0.123 e. The van der Waals surface area contributed by atoms with E-state index in [0.29, 0.717) is 5.92 Å². The lowest BCUT2D eigenvalue weighted by molar-refractivity contribution is -0.151. The molecule has 0 aromatic heterocycles. The summed E-state index contributed by atoms with van der Waals surface area (Å²) in [5.74, 6) is 3.25. The Hall–Kier alpha value is -0.370. The predicted octanol–water partition coefficient (Wildman–Crippen LogP) is 4.21. The van der Waals surface area contributed by atoms with Crippen LogP contribution in [0.1, 0.15) is 71.6 Å². The van der Waals surface area contributed by atoms with Gasteiger partial charge in [0.05, 0.1) is 6.10 Å². The second kappa shape index (κ2) is 5.06. The molecule has 0 aliphatic heterocycles. The molecule has 0 spiro atoms. The first-order chi connectivity index (χ1) is 10.5. The van der Waals surface area contributed by atoms with Crippen LogP contribution in [0.3, 0.4) is 0 Å². The van der Waals surface area contributed by atoms with Crippen LogP contribution in [0.4, 0.5) is 0 Å². The van der Waals surface area contributed by atoms with Crippen LogP contribution in [0.2, 0.25) is 0 Å². The number of hydrogen-bond donors (Lipinski definition) is 1. The summed E-state index contributed by atoms with van der Waals surface area (Å²) in [6.45, 7) is 4.80. The van der Waals surface area contributed by atoms with Crippen molar-refractivity contribution < 1.29 is 9.90 Å². The number of aldehydes is 1. The Labute approximate surface area is 135 Å². The third-order valence-corrected chi connectivity index (χ3v) is 8.95.